The lowest BCUT2D eigenvalue weighted by Crippen LogP contribution is -2.37. The Labute approximate surface area is 138 Å². The topological polar surface area (TPSA) is 47.6 Å². The number of ether oxygens (including phenoxy) is 2. The second-order valence-corrected chi connectivity index (χ2v) is 6.63. The number of carbonyl (C=O) groups excluding carboxylic acids is 1. The fourth-order valence-corrected chi connectivity index (χ4v) is 3.59. The summed E-state index contributed by atoms with van der Waals surface area (Å²) in [7, 11) is 0. The molecule has 1 aliphatic carbocycles. The van der Waals surface area contributed by atoms with E-state index in [0.29, 0.717) is 36.5 Å². The van der Waals surface area contributed by atoms with E-state index in [2.05, 4.69) is 12.2 Å². The molecule has 1 heterocycles. The molecule has 3 rings (SSSR count). The highest BCUT2D eigenvalue weighted by Gasteiger charge is 2.28. The largest absolute Gasteiger partial charge is 0.490 e. The van der Waals surface area contributed by atoms with Gasteiger partial charge in [-0.15, -0.1) is 0 Å². The van der Waals surface area contributed by atoms with Crippen LogP contribution >= 0.6 is 0 Å². The first-order valence-electron chi connectivity index (χ1n) is 8.98. The third-order valence-corrected chi connectivity index (χ3v) is 4.91. The van der Waals surface area contributed by atoms with E-state index in [1.54, 1.807) is 0 Å². The van der Waals surface area contributed by atoms with Gasteiger partial charge in [-0.3, -0.25) is 4.79 Å². The standard InChI is InChI=1S/C19H27NO3/c1-2-3-6-14-7-4-8-16(14)20-19(21)15-9-10-17-18(13-15)23-12-5-11-22-17/h9-10,13-14,16H,2-8,11-12H2,1H3,(H,20,21). The lowest BCUT2D eigenvalue weighted by Gasteiger charge is -2.21. The Morgan fingerprint density at radius 1 is 1.17 bits per heavy atom. The van der Waals surface area contributed by atoms with E-state index < -0.39 is 0 Å². The Morgan fingerprint density at radius 3 is 2.83 bits per heavy atom. The van der Waals surface area contributed by atoms with E-state index >= 15 is 0 Å². The van der Waals surface area contributed by atoms with E-state index in [1.165, 1.54) is 32.1 Å². The van der Waals surface area contributed by atoms with E-state index in [9.17, 15) is 4.79 Å². The predicted octanol–water partition coefficient (Wildman–Crippen LogP) is 3.94. The van der Waals surface area contributed by atoms with Crippen molar-refractivity contribution in [3.05, 3.63) is 23.8 Å². The van der Waals surface area contributed by atoms with E-state index in [-0.39, 0.29) is 5.91 Å². The molecule has 1 aromatic carbocycles. The Hall–Kier alpha value is -1.71. The van der Waals surface area contributed by atoms with Crippen LogP contribution in [0.2, 0.25) is 0 Å². The SMILES string of the molecule is CCCCC1CCCC1NC(=O)c1ccc2c(c1)OCCCO2. The van der Waals surface area contributed by atoms with Crippen molar-refractivity contribution in [2.75, 3.05) is 13.2 Å². The zero-order valence-corrected chi connectivity index (χ0v) is 14.0. The van der Waals surface area contributed by atoms with E-state index in [4.69, 9.17) is 9.47 Å². The summed E-state index contributed by atoms with van der Waals surface area (Å²) in [4.78, 5) is 12.6. The minimum absolute atomic E-state index is 0.00838. The molecule has 0 spiro atoms. The van der Waals surface area contributed by atoms with Crippen molar-refractivity contribution in [1.82, 2.24) is 5.32 Å². The number of rotatable bonds is 5. The molecule has 1 N–H and O–H groups in total. The number of carbonyl (C=O) groups is 1. The molecule has 2 atom stereocenters. The third-order valence-electron chi connectivity index (χ3n) is 4.91. The molecule has 1 saturated carbocycles. The highest BCUT2D eigenvalue weighted by Crippen LogP contribution is 2.32. The minimum Gasteiger partial charge on any atom is -0.490 e. The molecule has 4 heteroatoms. The van der Waals surface area contributed by atoms with Crippen molar-refractivity contribution >= 4 is 5.91 Å². The van der Waals surface area contributed by atoms with Crippen LogP contribution in [0.25, 0.3) is 0 Å². The monoisotopic (exact) mass is 317 g/mol. The summed E-state index contributed by atoms with van der Waals surface area (Å²) in [6.07, 6.45) is 8.14. The van der Waals surface area contributed by atoms with Crippen LogP contribution in [0.5, 0.6) is 11.5 Å². The van der Waals surface area contributed by atoms with Gasteiger partial charge in [-0.05, 0) is 43.4 Å². The average Bonchev–Trinajstić information content (AvgIpc) is 2.86. The summed E-state index contributed by atoms with van der Waals surface area (Å²) in [5.74, 6) is 2.07. The molecule has 23 heavy (non-hydrogen) atoms. The van der Waals surface area contributed by atoms with E-state index in [0.717, 1.165) is 18.6 Å². The number of fused-ring (bicyclic) bond motifs is 1. The number of nitrogens with one attached hydrogen (secondary N) is 1. The number of hydrogen-bond acceptors (Lipinski definition) is 3. The molecule has 1 aromatic rings. The highest BCUT2D eigenvalue weighted by atomic mass is 16.5. The molecule has 126 valence electrons. The van der Waals surface area contributed by atoms with Gasteiger partial charge in [0.25, 0.3) is 5.91 Å². The van der Waals surface area contributed by atoms with Crippen molar-refractivity contribution in [3.63, 3.8) is 0 Å². The number of benzene rings is 1. The van der Waals surface area contributed by atoms with Crippen LogP contribution in [0.1, 0.15) is 62.2 Å². The van der Waals surface area contributed by atoms with Gasteiger partial charge in [-0.1, -0.05) is 26.2 Å². The van der Waals surface area contributed by atoms with Crippen LogP contribution in [-0.4, -0.2) is 25.2 Å². The first kappa shape index (κ1) is 16.2. The number of hydrogen-bond donors (Lipinski definition) is 1. The molecular weight excluding hydrogens is 290 g/mol. The third kappa shape index (κ3) is 3.98. The number of amides is 1. The zero-order chi connectivity index (χ0) is 16.1. The quantitative estimate of drug-likeness (QED) is 0.895. The second-order valence-electron chi connectivity index (χ2n) is 6.63. The highest BCUT2D eigenvalue weighted by molar-refractivity contribution is 5.95. The molecule has 2 aliphatic rings. The van der Waals surface area contributed by atoms with Crippen LogP contribution in [-0.2, 0) is 0 Å². The molecule has 0 bridgehead atoms. The maximum absolute atomic E-state index is 12.6. The minimum atomic E-state index is 0.00838. The van der Waals surface area contributed by atoms with Gasteiger partial charge in [0.15, 0.2) is 11.5 Å². The van der Waals surface area contributed by atoms with Gasteiger partial charge >= 0.3 is 0 Å². The lowest BCUT2D eigenvalue weighted by atomic mass is 9.96. The second kappa shape index (κ2) is 7.71. The summed E-state index contributed by atoms with van der Waals surface area (Å²) in [5.41, 5.74) is 0.662. The predicted molar refractivity (Wildman–Crippen MR) is 90.2 cm³/mol. The van der Waals surface area contributed by atoms with Gasteiger partial charge in [0.2, 0.25) is 0 Å². The van der Waals surface area contributed by atoms with Crippen LogP contribution in [0.15, 0.2) is 18.2 Å². The average molecular weight is 317 g/mol. The smallest absolute Gasteiger partial charge is 0.251 e. The van der Waals surface area contributed by atoms with Crippen LogP contribution in [0.4, 0.5) is 0 Å². The summed E-state index contributed by atoms with van der Waals surface area (Å²) in [6, 6.07) is 5.81. The van der Waals surface area contributed by atoms with Crippen LogP contribution < -0.4 is 14.8 Å². The maximum atomic E-state index is 12.6. The molecule has 1 aliphatic heterocycles. The molecule has 2 unspecified atom stereocenters. The van der Waals surface area contributed by atoms with Crippen molar-refractivity contribution < 1.29 is 14.3 Å². The Balaban J connectivity index is 1.65. The Kier molecular flexibility index (Phi) is 5.42. The zero-order valence-electron chi connectivity index (χ0n) is 14.0. The summed E-state index contributed by atoms with van der Waals surface area (Å²) in [6.45, 7) is 3.53. The molecule has 0 aromatic heterocycles. The van der Waals surface area contributed by atoms with Gasteiger partial charge < -0.3 is 14.8 Å². The van der Waals surface area contributed by atoms with E-state index in [1.807, 2.05) is 18.2 Å². The lowest BCUT2D eigenvalue weighted by molar-refractivity contribution is 0.0926. The fraction of sp³-hybridized carbons (Fsp3) is 0.632. The summed E-state index contributed by atoms with van der Waals surface area (Å²) < 4.78 is 11.3. The van der Waals surface area contributed by atoms with Crippen LogP contribution in [0.3, 0.4) is 0 Å². The van der Waals surface area contributed by atoms with Crippen LogP contribution in [0, 0.1) is 5.92 Å². The molecule has 1 amide bonds. The van der Waals surface area contributed by atoms with Gasteiger partial charge in [0.1, 0.15) is 0 Å². The van der Waals surface area contributed by atoms with Gasteiger partial charge in [-0.25, -0.2) is 0 Å². The molecule has 0 radical (unpaired) electrons. The number of unbranched alkanes of at least 4 members (excludes halogenated alkanes) is 1. The molecular formula is C19H27NO3. The first-order valence-corrected chi connectivity index (χ1v) is 8.98. The Bertz CT molecular complexity index is 543. The van der Waals surface area contributed by atoms with Gasteiger partial charge in [-0.2, -0.15) is 0 Å². The van der Waals surface area contributed by atoms with Crippen molar-refractivity contribution in [2.45, 2.75) is 57.9 Å². The van der Waals surface area contributed by atoms with Gasteiger partial charge in [0.05, 0.1) is 13.2 Å². The molecule has 1 fully saturated rings. The van der Waals surface area contributed by atoms with Crippen molar-refractivity contribution in [1.29, 1.82) is 0 Å². The van der Waals surface area contributed by atoms with Crippen molar-refractivity contribution in [2.24, 2.45) is 5.92 Å². The normalized spacial score (nSPS) is 23.3. The molecule has 0 saturated heterocycles. The fourth-order valence-electron chi connectivity index (χ4n) is 3.59. The summed E-state index contributed by atoms with van der Waals surface area (Å²) in [5, 5.41) is 3.24. The maximum Gasteiger partial charge on any atom is 0.251 e. The molecule has 4 nitrogen and oxygen atoms in total. The Morgan fingerprint density at radius 2 is 2.00 bits per heavy atom. The van der Waals surface area contributed by atoms with Crippen molar-refractivity contribution in [3.8, 4) is 11.5 Å². The summed E-state index contributed by atoms with van der Waals surface area (Å²) >= 11 is 0. The first-order chi connectivity index (χ1) is 11.3. The van der Waals surface area contributed by atoms with Gasteiger partial charge in [0, 0.05) is 18.0 Å².